The quantitative estimate of drug-likeness (QED) is 0.761. The van der Waals surface area contributed by atoms with E-state index in [0.717, 1.165) is 9.35 Å². The van der Waals surface area contributed by atoms with Gasteiger partial charge in [-0.05, 0) is 52.7 Å². The number of halogens is 3. The number of carbonyl (C=O) groups excluding carboxylic acids is 1. The fourth-order valence-electron chi connectivity index (χ4n) is 1.39. The Morgan fingerprint density at radius 3 is 2.33 bits per heavy atom. The minimum atomic E-state index is -0.174. The third kappa shape index (κ3) is 3.26. The van der Waals surface area contributed by atoms with Crippen molar-refractivity contribution in [3.63, 3.8) is 0 Å². The van der Waals surface area contributed by atoms with E-state index in [2.05, 4.69) is 21.2 Å². The molecule has 1 aromatic heterocycles. The van der Waals surface area contributed by atoms with E-state index in [1.165, 1.54) is 11.3 Å². The lowest BCUT2D eigenvalue weighted by Gasteiger charge is -2.04. The predicted molar refractivity (Wildman–Crippen MR) is 81.2 cm³/mol. The fraction of sp³-hybridized carbons (Fsp3) is 0.0833. The minimum absolute atomic E-state index is 0.174. The maximum absolute atomic E-state index is 12.0. The second kappa shape index (κ2) is 5.61. The van der Waals surface area contributed by atoms with Gasteiger partial charge in [-0.25, -0.2) is 0 Å². The van der Waals surface area contributed by atoms with Gasteiger partial charge < -0.3 is 5.32 Å². The van der Waals surface area contributed by atoms with Crippen LogP contribution in [0.1, 0.15) is 15.2 Å². The molecule has 0 unspecified atom stereocenters. The van der Waals surface area contributed by atoms with E-state index in [0.29, 0.717) is 20.6 Å². The largest absolute Gasteiger partial charge is 0.321 e. The van der Waals surface area contributed by atoms with Gasteiger partial charge in [-0.1, -0.05) is 23.2 Å². The van der Waals surface area contributed by atoms with Gasteiger partial charge in [-0.2, -0.15) is 0 Å². The van der Waals surface area contributed by atoms with Crippen molar-refractivity contribution in [2.45, 2.75) is 6.92 Å². The molecule has 0 aliphatic rings. The highest BCUT2D eigenvalue weighted by molar-refractivity contribution is 9.11. The summed E-state index contributed by atoms with van der Waals surface area (Å²) in [6.07, 6.45) is 0. The smallest absolute Gasteiger partial charge is 0.265 e. The van der Waals surface area contributed by atoms with Crippen LogP contribution >= 0.6 is 50.5 Å². The Morgan fingerprint density at radius 2 is 1.83 bits per heavy atom. The lowest BCUT2D eigenvalue weighted by Crippen LogP contribution is -2.09. The molecule has 0 fully saturated rings. The summed E-state index contributed by atoms with van der Waals surface area (Å²) in [4.78, 5) is 12.6. The third-order valence-corrected chi connectivity index (χ3v) is 4.77. The molecule has 0 spiro atoms. The lowest BCUT2D eigenvalue weighted by atomic mass is 10.3. The molecule has 18 heavy (non-hydrogen) atoms. The van der Waals surface area contributed by atoms with Gasteiger partial charge in [-0.15, -0.1) is 11.3 Å². The summed E-state index contributed by atoms with van der Waals surface area (Å²) in [6.45, 7) is 1.94. The van der Waals surface area contributed by atoms with E-state index in [1.54, 1.807) is 18.2 Å². The summed E-state index contributed by atoms with van der Waals surface area (Å²) in [5, 5.41) is 3.74. The van der Waals surface area contributed by atoms with Gasteiger partial charge in [0.25, 0.3) is 5.91 Å². The van der Waals surface area contributed by atoms with Crippen molar-refractivity contribution in [3.8, 4) is 0 Å². The van der Waals surface area contributed by atoms with Gasteiger partial charge in [0.05, 0.1) is 8.66 Å². The van der Waals surface area contributed by atoms with Crippen molar-refractivity contribution in [1.29, 1.82) is 0 Å². The maximum atomic E-state index is 12.0. The van der Waals surface area contributed by atoms with Crippen molar-refractivity contribution in [2.24, 2.45) is 0 Å². The summed E-state index contributed by atoms with van der Waals surface area (Å²) < 4.78 is 0.955. The molecule has 1 amide bonds. The number of rotatable bonds is 2. The number of benzene rings is 1. The zero-order chi connectivity index (χ0) is 13.3. The molecule has 1 heterocycles. The molecular weight excluding hydrogens is 357 g/mol. The molecule has 0 aliphatic heterocycles. The molecule has 0 bridgehead atoms. The molecule has 0 saturated carbocycles. The summed E-state index contributed by atoms with van der Waals surface area (Å²) in [6, 6.07) is 6.75. The monoisotopic (exact) mass is 363 g/mol. The van der Waals surface area contributed by atoms with Crippen LogP contribution in [-0.4, -0.2) is 5.91 Å². The summed E-state index contributed by atoms with van der Waals surface area (Å²) in [5.41, 5.74) is 1.62. The lowest BCUT2D eigenvalue weighted by molar-refractivity contribution is 0.103. The van der Waals surface area contributed by atoms with Crippen molar-refractivity contribution in [1.82, 2.24) is 0 Å². The van der Waals surface area contributed by atoms with Gasteiger partial charge in [0.1, 0.15) is 0 Å². The Labute approximate surface area is 127 Å². The molecule has 2 aromatic rings. The van der Waals surface area contributed by atoms with Crippen LogP contribution in [-0.2, 0) is 0 Å². The van der Waals surface area contributed by atoms with Crippen LogP contribution in [0.3, 0.4) is 0 Å². The first-order chi connectivity index (χ1) is 8.45. The van der Waals surface area contributed by atoms with E-state index < -0.39 is 0 Å². The first-order valence-corrected chi connectivity index (χ1v) is 7.35. The van der Waals surface area contributed by atoms with Crippen LogP contribution in [0.25, 0.3) is 0 Å². The second-order valence-electron chi connectivity index (χ2n) is 3.68. The van der Waals surface area contributed by atoms with Gasteiger partial charge >= 0.3 is 0 Å². The van der Waals surface area contributed by atoms with E-state index in [4.69, 9.17) is 23.2 Å². The number of hydrogen-bond donors (Lipinski definition) is 1. The number of carbonyl (C=O) groups is 1. The highest BCUT2D eigenvalue weighted by Gasteiger charge is 2.11. The normalized spacial score (nSPS) is 10.4. The number of thiophene rings is 1. The second-order valence-corrected chi connectivity index (χ2v) is 6.92. The highest BCUT2D eigenvalue weighted by Crippen LogP contribution is 2.28. The predicted octanol–water partition coefficient (Wildman–Crippen LogP) is 5.38. The molecule has 2 rings (SSSR count). The summed E-state index contributed by atoms with van der Waals surface area (Å²) >= 11 is 16.5. The standard InChI is InChI=1S/C12H8BrCl2NOS/c1-6-2-10(18-11(6)13)12(17)16-9-4-7(14)3-8(15)5-9/h2-5H,1H3,(H,16,17). The van der Waals surface area contributed by atoms with Crippen LogP contribution in [0, 0.1) is 6.92 Å². The van der Waals surface area contributed by atoms with Crippen LogP contribution in [0.5, 0.6) is 0 Å². The van der Waals surface area contributed by atoms with Crippen molar-refractivity contribution >= 4 is 62.1 Å². The number of hydrogen-bond acceptors (Lipinski definition) is 2. The van der Waals surface area contributed by atoms with E-state index in [-0.39, 0.29) is 5.91 Å². The third-order valence-electron chi connectivity index (χ3n) is 2.20. The molecule has 1 aromatic carbocycles. The minimum Gasteiger partial charge on any atom is -0.321 e. The van der Waals surface area contributed by atoms with Crippen LogP contribution < -0.4 is 5.32 Å². The van der Waals surface area contributed by atoms with Gasteiger partial charge in [0, 0.05) is 15.7 Å². The number of anilines is 1. The first-order valence-electron chi connectivity index (χ1n) is 4.99. The molecule has 0 radical (unpaired) electrons. The topological polar surface area (TPSA) is 29.1 Å². The first kappa shape index (κ1) is 13.9. The Kier molecular flexibility index (Phi) is 4.33. The maximum Gasteiger partial charge on any atom is 0.265 e. The zero-order valence-electron chi connectivity index (χ0n) is 9.26. The van der Waals surface area contributed by atoms with Crippen molar-refractivity contribution in [2.75, 3.05) is 5.32 Å². The van der Waals surface area contributed by atoms with Crippen LogP contribution in [0.2, 0.25) is 10.0 Å². The molecule has 0 saturated heterocycles. The van der Waals surface area contributed by atoms with E-state index in [1.807, 2.05) is 13.0 Å². The molecule has 2 nitrogen and oxygen atoms in total. The Balaban J connectivity index is 2.21. The fourth-order valence-corrected chi connectivity index (χ4v) is 3.35. The highest BCUT2D eigenvalue weighted by atomic mass is 79.9. The summed E-state index contributed by atoms with van der Waals surface area (Å²) in [5.74, 6) is -0.174. The average Bonchev–Trinajstić information content (AvgIpc) is 2.57. The number of nitrogens with one attached hydrogen (secondary N) is 1. The molecular formula is C12H8BrCl2NOS. The SMILES string of the molecule is Cc1cc(C(=O)Nc2cc(Cl)cc(Cl)c2)sc1Br. The molecule has 0 atom stereocenters. The zero-order valence-corrected chi connectivity index (χ0v) is 13.2. The Hall–Kier alpha value is -0.550. The number of aryl methyl sites for hydroxylation is 1. The van der Waals surface area contributed by atoms with E-state index in [9.17, 15) is 4.79 Å². The molecule has 6 heteroatoms. The Morgan fingerprint density at radius 1 is 1.22 bits per heavy atom. The molecule has 0 aliphatic carbocycles. The summed E-state index contributed by atoms with van der Waals surface area (Å²) in [7, 11) is 0. The van der Waals surface area contributed by atoms with Crippen LogP contribution in [0.15, 0.2) is 28.1 Å². The molecule has 94 valence electrons. The average molecular weight is 365 g/mol. The number of amides is 1. The van der Waals surface area contributed by atoms with Gasteiger partial charge in [-0.3, -0.25) is 4.79 Å². The van der Waals surface area contributed by atoms with E-state index >= 15 is 0 Å². The van der Waals surface area contributed by atoms with Gasteiger partial charge in [0.2, 0.25) is 0 Å². The van der Waals surface area contributed by atoms with Crippen LogP contribution in [0.4, 0.5) is 5.69 Å². The van der Waals surface area contributed by atoms with Gasteiger partial charge in [0.15, 0.2) is 0 Å². The molecule has 1 N–H and O–H groups in total. The van der Waals surface area contributed by atoms with Crippen molar-refractivity contribution < 1.29 is 4.79 Å². The Bertz CT molecular complexity index is 572. The van der Waals surface area contributed by atoms with Crippen molar-refractivity contribution in [3.05, 3.63) is 48.5 Å².